The molecule has 92 valence electrons. The largest absolute Gasteiger partial charge is 0.506 e. The second kappa shape index (κ2) is 4.63. The van der Waals surface area contributed by atoms with Crippen molar-refractivity contribution in [3.05, 3.63) is 23.8 Å². The van der Waals surface area contributed by atoms with Crippen LogP contribution in [0.15, 0.2) is 18.2 Å². The Kier molecular flexibility index (Phi) is 3.19. The van der Waals surface area contributed by atoms with Crippen LogP contribution in [-0.2, 0) is 11.3 Å². The predicted octanol–water partition coefficient (Wildman–Crippen LogP) is 0.295. The molecule has 1 unspecified atom stereocenters. The summed E-state index contributed by atoms with van der Waals surface area (Å²) in [4.78, 5) is 13.6. The highest BCUT2D eigenvalue weighted by Gasteiger charge is 2.25. The Labute approximate surface area is 100 Å². The van der Waals surface area contributed by atoms with Gasteiger partial charge < -0.3 is 16.2 Å². The summed E-state index contributed by atoms with van der Waals surface area (Å²) in [5.41, 5.74) is 7.01. The maximum absolute atomic E-state index is 11.5. The molecule has 5 nitrogen and oxygen atoms in total. The van der Waals surface area contributed by atoms with Crippen molar-refractivity contribution in [2.24, 2.45) is 0 Å². The van der Waals surface area contributed by atoms with Crippen molar-refractivity contribution in [3.63, 3.8) is 0 Å². The summed E-state index contributed by atoms with van der Waals surface area (Å²) >= 11 is 0. The average Bonchev–Trinajstić information content (AvgIpc) is 2.30. The van der Waals surface area contributed by atoms with Crippen molar-refractivity contribution in [1.29, 1.82) is 0 Å². The maximum Gasteiger partial charge on any atom is 0.237 e. The first-order chi connectivity index (χ1) is 8.08. The van der Waals surface area contributed by atoms with E-state index in [-0.39, 0.29) is 17.7 Å². The average molecular weight is 235 g/mol. The van der Waals surface area contributed by atoms with Gasteiger partial charge in [-0.05, 0) is 24.6 Å². The summed E-state index contributed by atoms with van der Waals surface area (Å²) in [7, 11) is 0. The van der Waals surface area contributed by atoms with Gasteiger partial charge in [-0.2, -0.15) is 0 Å². The van der Waals surface area contributed by atoms with Crippen molar-refractivity contribution in [1.82, 2.24) is 10.2 Å². The second-order valence-electron chi connectivity index (χ2n) is 4.33. The van der Waals surface area contributed by atoms with E-state index in [1.54, 1.807) is 12.1 Å². The van der Waals surface area contributed by atoms with Gasteiger partial charge in [0.05, 0.1) is 11.7 Å². The Morgan fingerprint density at radius 1 is 1.59 bits per heavy atom. The fourth-order valence-electron chi connectivity index (χ4n) is 1.98. The van der Waals surface area contributed by atoms with Crippen LogP contribution >= 0.6 is 0 Å². The number of benzene rings is 1. The zero-order valence-electron chi connectivity index (χ0n) is 9.81. The fraction of sp³-hybridized carbons (Fsp3) is 0.417. The van der Waals surface area contributed by atoms with E-state index in [2.05, 4.69) is 10.2 Å². The van der Waals surface area contributed by atoms with E-state index in [4.69, 9.17) is 5.73 Å². The third-order valence-electron chi connectivity index (χ3n) is 3.10. The molecule has 2 rings (SSSR count). The minimum Gasteiger partial charge on any atom is -0.506 e. The highest BCUT2D eigenvalue weighted by molar-refractivity contribution is 5.82. The Bertz CT molecular complexity index is 434. The lowest BCUT2D eigenvalue weighted by atomic mass is 10.1. The smallest absolute Gasteiger partial charge is 0.237 e. The third kappa shape index (κ3) is 2.50. The quantitative estimate of drug-likeness (QED) is 0.508. The summed E-state index contributed by atoms with van der Waals surface area (Å²) in [6.07, 6.45) is 0. The molecule has 1 aromatic rings. The van der Waals surface area contributed by atoms with Gasteiger partial charge in [0.2, 0.25) is 5.91 Å². The summed E-state index contributed by atoms with van der Waals surface area (Å²) < 4.78 is 0. The number of piperazine rings is 1. The minimum absolute atomic E-state index is 0.0583. The molecule has 1 atom stereocenters. The highest BCUT2D eigenvalue weighted by atomic mass is 16.3. The maximum atomic E-state index is 11.5. The monoisotopic (exact) mass is 235 g/mol. The van der Waals surface area contributed by atoms with E-state index in [1.807, 2.05) is 13.0 Å². The highest BCUT2D eigenvalue weighted by Crippen LogP contribution is 2.22. The Balaban J connectivity index is 2.09. The lowest BCUT2D eigenvalue weighted by molar-refractivity contribution is -0.128. The normalized spacial score (nSPS) is 21.2. The number of anilines is 1. The lowest BCUT2D eigenvalue weighted by Crippen LogP contribution is -2.53. The number of rotatable bonds is 2. The molecule has 17 heavy (non-hydrogen) atoms. The van der Waals surface area contributed by atoms with E-state index in [0.717, 1.165) is 12.1 Å². The molecule has 1 amide bonds. The van der Waals surface area contributed by atoms with Crippen LogP contribution in [0.25, 0.3) is 0 Å². The van der Waals surface area contributed by atoms with Crippen molar-refractivity contribution < 1.29 is 9.90 Å². The van der Waals surface area contributed by atoms with Crippen LogP contribution in [0.5, 0.6) is 5.75 Å². The van der Waals surface area contributed by atoms with Crippen LogP contribution < -0.4 is 11.1 Å². The number of phenolic OH excluding ortho intramolecular Hbond substituents is 1. The van der Waals surface area contributed by atoms with Gasteiger partial charge in [-0.1, -0.05) is 6.07 Å². The van der Waals surface area contributed by atoms with Gasteiger partial charge >= 0.3 is 0 Å². The minimum atomic E-state index is -0.126. The lowest BCUT2D eigenvalue weighted by Gasteiger charge is -2.32. The molecule has 0 bridgehead atoms. The Hall–Kier alpha value is -1.75. The first-order valence-electron chi connectivity index (χ1n) is 5.67. The molecular formula is C12H17N3O2. The summed E-state index contributed by atoms with van der Waals surface area (Å²) in [6, 6.07) is 5.03. The van der Waals surface area contributed by atoms with Gasteiger partial charge in [-0.25, -0.2) is 0 Å². The number of nitrogens with one attached hydrogen (secondary N) is 1. The molecule has 0 aliphatic carbocycles. The number of hydrogen-bond donors (Lipinski definition) is 3. The SMILES string of the molecule is CC1C(=O)NCCN1Cc1ccc(O)c(N)c1. The van der Waals surface area contributed by atoms with E-state index in [1.165, 1.54) is 0 Å². The van der Waals surface area contributed by atoms with Crippen LogP contribution in [0.3, 0.4) is 0 Å². The van der Waals surface area contributed by atoms with Crippen LogP contribution in [0.4, 0.5) is 5.69 Å². The van der Waals surface area contributed by atoms with Crippen molar-refractivity contribution in [2.75, 3.05) is 18.8 Å². The molecule has 0 spiro atoms. The standard InChI is InChI=1S/C12H17N3O2/c1-8-12(17)14-4-5-15(8)7-9-2-3-11(16)10(13)6-9/h2-3,6,8,16H,4-5,7,13H2,1H3,(H,14,17). The van der Waals surface area contributed by atoms with E-state index < -0.39 is 0 Å². The zero-order valence-corrected chi connectivity index (χ0v) is 9.81. The van der Waals surface area contributed by atoms with Crippen LogP contribution in [0, 0.1) is 0 Å². The molecule has 0 aromatic heterocycles. The Morgan fingerprint density at radius 2 is 2.35 bits per heavy atom. The van der Waals surface area contributed by atoms with Gasteiger partial charge in [0.25, 0.3) is 0 Å². The first kappa shape index (κ1) is 11.7. The number of phenols is 1. The molecule has 1 saturated heterocycles. The van der Waals surface area contributed by atoms with Crippen LogP contribution in [0.2, 0.25) is 0 Å². The van der Waals surface area contributed by atoms with Crippen LogP contribution in [-0.4, -0.2) is 35.0 Å². The molecule has 1 fully saturated rings. The van der Waals surface area contributed by atoms with Crippen molar-refractivity contribution in [3.8, 4) is 5.75 Å². The van der Waals surface area contributed by atoms with Gasteiger partial charge in [0.15, 0.2) is 0 Å². The molecule has 4 N–H and O–H groups in total. The van der Waals surface area contributed by atoms with Gasteiger partial charge in [-0.15, -0.1) is 0 Å². The zero-order chi connectivity index (χ0) is 12.4. The van der Waals surface area contributed by atoms with Crippen molar-refractivity contribution >= 4 is 11.6 Å². The number of nitrogens with two attached hydrogens (primary N) is 1. The molecule has 1 aromatic carbocycles. The van der Waals surface area contributed by atoms with Gasteiger partial charge in [0, 0.05) is 19.6 Å². The van der Waals surface area contributed by atoms with Crippen molar-refractivity contribution in [2.45, 2.75) is 19.5 Å². The predicted molar refractivity (Wildman–Crippen MR) is 65.4 cm³/mol. The molecule has 1 heterocycles. The number of nitrogen functional groups attached to an aromatic ring is 1. The molecule has 0 saturated carbocycles. The number of aromatic hydroxyl groups is 1. The third-order valence-corrected chi connectivity index (χ3v) is 3.10. The van der Waals surface area contributed by atoms with E-state index in [0.29, 0.717) is 18.8 Å². The molecular weight excluding hydrogens is 218 g/mol. The van der Waals surface area contributed by atoms with Gasteiger partial charge in [0.1, 0.15) is 5.75 Å². The van der Waals surface area contributed by atoms with Crippen LogP contribution in [0.1, 0.15) is 12.5 Å². The number of carbonyl (C=O) groups is 1. The second-order valence-corrected chi connectivity index (χ2v) is 4.33. The molecule has 5 heteroatoms. The van der Waals surface area contributed by atoms with E-state index >= 15 is 0 Å². The molecule has 0 radical (unpaired) electrons. The van der Waals surface area contributed by atoms with E-state index in [9.17, 15) is 9.90 Å². The summed E-state index contributed by atoms with van der Waals surface area (Å²) in [6.45, 7) is 4.06. The number of carbonyl (C=O) groups excluding carboxylic acids is 1. The number of nitrogens with zero attached hydrogens (tertiary/aromatic N) is 1. The summed E-state index contributed by atoms with van der Waals surface area (Å²) in [5.74, 6) is 0.154. The Morgan fingerprint density at radius 3 is 3.06 bits per heavy atom. The molecule has 1 aliphatic heterocycles. The first-order valence-corrected chi connectivity index (χ1v) is 5.67. The van der Waals surface area contributed by atoms with Gasteiger partial charge in [-0.3, -0.25) is 9.69 Å². The fourth-order valence-corrected chi connectivity index (χ4v) is 1.98. The number of hydrogen-bond acceptors (Lipinski definition) is 4. The molecule has 1 aliphatic rings. The summed E-state index contributed by atoms with van der Waals surface area (Å²) in [5, 5.41) is 12.2. The topological polar surface area (TPSA) is 78.6 Å². The number of amides is 1.